The van der Waals surface area contributed by atoms with Crippen LogP contribution in [0.25, 0.3) is 0 Å². The van der Waals surface area contributed by atoms with Crippen molar-refractivity contribution in [2.75, 3.05) is 18.9 Å². The first-order chi connectivity index (χ1) is 9.06. The summed E-state index contributed by atoms with van der Waals surface area (Å²) < 4.78 is 0. The van der Waals surface area contributed by atoms with Gasteiger partial charge in [-0.2, -0.15) is 0 Å². The lowest BCUT2D eigenvalue weighted by molar-refractivity contribution is 0.338. The number of aromatic hydroxyl groups is 1. The topological polar surface area (TPSA) is 61.5 Å². The highest BCUT2D eigenvalue weighted by Gasteiger charge is 2.13. The van der Waals surface area contributed by atoms with Crippen LogP contribution >= 0.6 is 0 Å². The molecule has 0 spiro atoms. The molecular weight excluding hydrogens is 238 g/mol. The molecule has 1 aromatic carbocycles. The number of nitrogens with zero attached hydrogens (tertiary/aromatic N) is 1. The molecule has 0 aliphatic rings. The minimum atomic E-state index is 0.239. The summed E-state index contributed by atoms with van der Waals surface area (Å²) in [7, 11) is 1.87. The summed E-state index contributed by atoms with van der Waals surface area (Å²) in [4.78, 5) is 0. The Hall–Kier alpha value is -1.52. The SMILES string of the molecule is C/C=C(\CC)C(CCN(C)N)Nc1cccc(O)c1. The molecule has 0 aliphatic heterocycles. The van der Waals surface area contributed by atoms with E-state index in [1.54, 1.807) is 17.1 Å². The second-order valence-electron chi connectivity index (χ2n) is 4.73. The fraction of sp³-hybridized carbons (Fsp3) is 0.467. The molecule has 0 fully saturated rings. The smallest absolute Gasteiger partial charge is 0.117 e. The Labute approximate surface area is 115 Å². The van der Waals surface area contributed by atoms with Crippen molar-refractivity contribution in [3.8, 4) is 5.75 Å². The first kappa shape index (κ1) is 15.5. The molecular formula is C15H25N3O. The number of hydrogen-bond donors (Lipinski definition) is 3. The summed E-state index contributed by atoms with van der Waals surface area (Å²) >= 11 is 0. The van der Waals surface area contributed by atoms with Gasteiger partial charge in [-0.3, -0.25) is 10.9 Å². The summed E-state index contributed by atoms with van der Waals surface area (Å²) in [6, 6.07) is 7.45. The van der Waals surface area contributed by atoms with Crippen LogP contribution < -0.4 is 11.2 Å². The first-order valence-corrected chi connectivity index (χ1v) is 6.73. The monoisotopic (exact) mass is 263 g/mol. The van der Waals surface area contributed by atoms with E-state index >= 15 is 0 Å². The zero-order valence-corrected chi connectivity index (χ0v) is 12.1. The van der Waals surface area contributed by atoms with E-state index in [4.69, 9.17) is 5.84 Å². The number of nitrogens with one attached hydrogen (secondary N) is 1. The van der Waals surface area contributed by atoms with E-state index in [2.05, 4.69) is 25.2 Å². The van der Waals surface area contributed by atoms with Gasteiger partial charge >= 0.3 is 0 Å². The predicted octanol–water partition coefficient (Wildman–Crippen LogP) is 2.72. The van der Waals surface area contributed by atoms with Crippen molar-refractivity contribution in [2.24, 2.45) is 5.84 Å². The van der Waals surface area contributed by atoms with Gasteiger partial charge < -0.3 is 10.4 Å². The Balaban J connectivity index is 2.78. The highest BCUT2D eigenvalue weighted by Crippen LogP contribution is 2.20. The molecule has 19 heavy (non-hydrogen) atoms. The van der Waals surface area contributed by atoms with Gasteiger partial charge in [-0.05, 0) is 31.9 Å². The lowest BCUT2D eigenvalue weighted by Gasteiger charge is -2.24. The highest BCUT2D eigenvalue weighted by atomic mass is 16.3. The maximum absolute atomic E-state index is 9.51. The third-order valence-electron chi connectivity index (χ3n) is 3.18. The van der Waals surface area contributed by atoms with E-state index in [9.17, 15) is 5.11 Å². The molecule has 0 aromatic heterocycles. The Morgan fingerprint density at radius 1 is 1.53 bits per heavy atom. The fourth-order valence-electron chi connectivity index (χ4n) is 2.13. The van der Waals surface area contributed by atoms with Crippen molar-refractivity contribution in [1.29, 1.82) is 0 Å². The fourth-order valence-corrected chi connectivity index (χ4v) is 2.13. The minimum absolute atomic E-state index is 0.239. The molecule has 0 saturated heterocycles. The van der Waals surface area contributed by atoms with E-state index in [0.29, 0.717) is 0 Å². The van der Waals surface area contributed by atoms with Gasteiger partial charge in [0, 0.05) is 31.4 Å². The molecule has 0 radical (unpaired) electrons. The molecule has 0 bridgehead atoms. The quantitative estimate of drug-likeness (QED) is 0.402. The van der Waals surface area contributed by atoms with E-state index in [1.165, 1.54) is 5.57 Å². The van der Waals surface area contributed by atoms with Gasteiger partial charge in [-0.1, -0.05) is 24.6 Å². The van der Waals surface area contributed by atoms with Gasteiger partial charge in [0.25, 0.3) is 0 Å². The number of anilines is 1. The number of allylic oxidation sites excluding steroid dienone is 1. The second-order valence-corrected chi connectivity index (χ2v) is 4.73. The highest BCUT2D eigenvalue weighted by molar-refractivity contribution is 5.49. The van der Waals surface area contributed by atoms with E-state index in [0.717, 1.165) is 25.1 Å². The number of nitrogens with two attached hydrogens (primary N) is 1. The molecule has 4 nitrogen and oxygen atoms in total. The minimum Gasteiger partial charge on any atom is -0.508 e. The third kappa shape index (κ3) is 5.32. The summed E-state index contributed by atoms with van der Waals surface area (Å²) in [5.41, 5.74) is 2.28. The molecule has 1 aromatic rings. The molecule has 106 valence electrons. The number of phenols is 1. The summed E-state index contributed by atoms with van der Waals surface area (Å²) in [5, 5.41) is 14.7. The second kappa shape index (κ2) is 7.81. The molecule has 0 saturated carbocycles. The van der Waals surface area contributed by atoms with Crippen LogP contribution in [0.4, 0.5) is 5.69 Å². The zero-order valence-electron chi connectivity index (χ0n) is 12.1. The standard InChI is InChI=1S/C15H25N3O/c1-4-12(5-2)15(9-10-18(3)16)17-13-7-6-8-14(19)11-13/h4,6-8,11,15,17,19H,5,9-10,16H2,1-3H3/b12-4+. The normalized spacial score (nSPS) is 13.6. The van der Waals surface area contributed by atoms with Gasteiger partial charge in [0.15, 0.2) is 0 Å². The van der Waals surface area contributed by atoms with Gasteiger partial charge in [0.05, 0.1) is 0 Å². The average molecular weight is 263 g/mol. The van der Waals surface area contributed by atoms with E-state index < -0.39 is 0 Å². The lowest BCUT2D eigenvalue weighted by atomic mass is 10.0. The summed E-state index contributed by atoms with van der Waals surface area (Å²) in [6.07, 6.45) is 4.08. The summed E-state index contributed by atoms with van der Waals surface area (Å²) in [5.74, 6) is 5.96. The largest absolute Gasteiger partial charge is 0.508 e. The number of hydrazine groups is 1. The maximum atomic E-state index is 9.51. The van der Waals surface area contributed by atoms with Crippen molar-refractivity contribution in [2.45, 2.75) is 32.7 Å². The van der Waals surface area contributed by atoms with Crippen LogP contribution in [0.3, 0.4) is 0 Å². The van der Waals surface area contributed by atoms with Crippen LogP contribution in [0.1, 0.15) is 26.7 Å². The van der Waals surface area contributed by atoms with Crippen molar-refractivity contribution in [3.63, 3.8) is 0 Å². The van der Waals surface area contributed by atoms with Crippen LogP contribution in [0.5, 0.6) is 5.75 Å². The molecule has 0 aliphatic carbocycles. The van der Waals surface area contributed by atoms with Crippen molar-refractivity contribution in [1.82, 2.24) is 5.01 Å². The van der Waals surface area contributed by atoms with E-state index in [1.807, 2.05) is 19.2 Å². The average Bonchev–Trinajstić information content (AvgIpc) is 2.37. The van der Waals surface area contributed by atoms with Crippen LogP contribution in [0, 0.1) is 0 Å². The maximum Gasteiger partial charge on any atom is 0.117 e. The number of hydrogen-bond acceptors (Lipinski definition) is 4. The molecule has 4 N–H and O–H groups in total. The summed E-state index contributed by atoms with van der Waals surface area (Å²) in [6.45, 7) is 5.02. The Morgan fingerprint density at radius 3 is 2.79 bits per heavy atom. The van der Waals surface area contributed by atoms with Crippen LogP contribution in [0.15, 0.2) is 35.9 Å². The van der Waals surface area contributed by atoms with Crippen LogP contribution in [-0.4, -0.2) is 29.7 Å². The van der Waals surface area contributed by atoms with Crippen molar-refractivity contribution < 1.29 is 5.11 Å². The lowest BCUT2D eigenvalue weighted by Crippen LogP contribution is -2.32. The predicted molar refractivity (Wildman–Crippen MR) is 81.0 cm³/mol. The molecule has 1 rings (SSSR count). The third-order valence-corrected chi connectivity index (χ3v) is 3.18. The van der Waals surface area contributed by atoms with Gasteiger partial charge in [0.2, 0.25) is 0 Å². The van der Waals surface area contributed by atoms with E-state index in [-0.39, 0.29) is 11.8 Å². The van der Waals surface area contributed by atoms with Gasteiger partial charge in [0.1, 0.15) is 5.75 Å². The Bertz CT molecular complexity index is 416. The molecule has 4 heteroatoms. The van der Waals surface area contributed by atoms with Crippen molar-refractivity contribution >= 4 is 5.69 Å². The van der Waals surface area contributed by atoms with Gasteiger partial charge in [-0.15, -0.1) is 0 Å². The Kier molecular flexibility index (Phi) is 6.39. The molecule has 0 amide bonds. The Morgan fingerprint density at radius 2 is 2.26 bits per heavy atom. The molecule has 1 atom stereocenters. The first-order valence-electron chi connectivity index (χ1n) is 6.73. The number of rotatable bonds is 7. The number of phenolic OH excluding ortho intramolecular Hbond substituents is 1. The zero-order chi connectivity index (χ0) is 14.3. The molecule has 1 unspecified atom stereocenters. The number of benzene rings is 1. The van der Waals surface area contributed by atoms with Crippen molar-refractivity contribution in [3.05, 3.63) is 35.9 Å². The molecule has 0 heterocycles. The van der Waals surface area contributed by atoms with Gasteiger partial charge in [-0.25, -0.2) is 0 Å². The van der Waals surface area contributed by atoms with Crippen LogP contribution in [-0.2, 0) is 0 Å². The van der Waals surface area contributed by atoms with Crippen LogP contribution in [0.2, 0.25) is 0 Å².